The van der Waals surface area contributed by atoms with Crippen LogP contribution in [0.5, 0.6) is 5.75 Å². The lowest BCUT2D eigenvalue weighted by Crippen LogP contribution is -2.47. The topological polar surface area (TPSA) is 67.6 Å². The summed E-state index contributed by atoms with van der Waals surface area (Å²) in [6, 6.07) is 5.68. The molecule has 5 heteroatoms. The molecule has 1 aliphatic rings. The maximum absolute atomic E-state index is 12.0. The highest BCUT2D eigenvalue weighted by Crippen LogP contribution is 2.34. The lowest BCUT2D eigenvalue weighted by molar-refractivity contribution is -0.125. The molecule has 2 rings (SSSR count). The van der Waals surface area contributed by atoms with Crippen LogP contribution in [0.25, 0.3) is 0 Å². The van der Waals surface area contributed by atoms with Gasteiger partial charge in [-0.25, -0.2) is 0 Å². The molecular weight excluding hydrogens is 218 g/mol. The predicted molar refractivity (Wildman–Crippen MR) is 65.8 cm³/mol. The third kappa shape index (κ3) is 2.11. The number of nitrogens with two attached hydrogens (primary N) is 1. The number of ether oxygens (including phenoxy) is 1. The summed E-state index contributed by atoms with van der Waals surface area (Å²) in [5.74, 6) is 0.686. The van der Waals surface area contributed by atoms with Gasteiger partial charge in [-0.15, -0.1) is 0 Å². The SMILES string of the molecule is CNCN1C(=O)C(C)Oc2ccc(CN)cc21. The second-order valence-corrected chi connectivity index (χ2v) is 4.04. The molecule has 17 heavy (non-hydrogen) atoms. The van der Waals surface area contributed by atoms with Gasteiger partial charge in [0, 0.05) is 6.54 Å². The van der Waals surface area contributed by atoms with E-state index in [2.05, 4.69) is 5.32 Å². The first-order valence-corrected chi connectivity index (χ1v) is 5.63. The first-order valence-electron chi connectivity index (χ1n) is 5.63. The monoisotopic (exact) mass is 235 g/mol. The van der Waals surface area contributed by atoms with Crippen molar-refractivity contribution >= 4 is 11.6 Å². The molecule has 1 amide bonds. The smallest absolute Gasteiger partial charge is 0.268 e. The minimum absolute atomic E-state index is 0.0407. The largest absolute Gasteiger partial charge is 0.479 e. The van der Waals surface area contributed by atoms with Crippen LogP contribution < -0.4 is 20.7 Å². The van der Waals surface area contributed by atoms with Crippen LogP contribution in [0, 0.1) is 0 Å². The third-order valence-corrected chi connectivity index (χ3v) is 2.78. The Labute approximate surface area is 101 Å². The molecule has 0 aromatic heterocycles. The van der Waals surface area contributed by atoms with Crippen molar-refractivity contribution < 1.29 is 9.53 Å². The van der Waals surface area contributed by atoms with Crippen molar-refractivity contribution in [1.29, 1.82) is 0 Å². The van der Waals surface area contributed by atoms with Gasteiger partial charge >= 0.3 is 0 Å². The van der Waals surface area contributed by atoms with E-state index in [-0.39, 0.29) is 5.91 Å². The number of carbonyl (C=O) groups excluding carboxylic acids is 1. The van der Waals surface area contributed by atoms with Gasteiger partial charge in [0.25, 0.3) is 5.91 Å². The highest BCUT2D eigenvalue weighted by Gasteiger charge is 2.30. The molecule has 1 aliphatic heterocycles. The second-order valence-electron chi connectivity index (χ2n) is 4.04. The summed E-state index contributed by atoms with van der Waals surface area (Å²) in [5.41, 5.74) is 7.37. The predicted octanol–water partition coefficient (Wildman–Crippen LogP) is 0.436. The Morgan fingerprint density at radius 1 is 1.53 bits per heavy atom. The molecule has 1 heterocycles. The summed E-state index contributed by atoms with van der Waals surface area (Å²) in [7, 11) is 1.81. The summed E-state index contributed by atoms with van der Waals surface area (Å²) < 4.78 is 5.56. The lowest BCUT2D eigenvalue weighted by atomic mass is 10.1. The van der Waals surface area contributed by atoms with Gasteiger partial charge in [0.05, 0.1) is 12.4 Å². The van der Waals surface area contributed by atoms with Gasteiger partial charge in [-0.1, -0.05) is 6.07 Å². The number of rotatable bonds is 3. The first-order chi connectivity index (χ1) is 8.17. The highest BCUT2D eigenvalue weighted by molar-refractivity contribution is 5.99. The van der Waals surface area contributed by atoms with Crippen molar-refractivity contribution in [2.75, 3.05) is 18.6 Å². The van der Waals surface area contributed by atoms with Gasteiger partial charge in [-0.3, -0.25) is 9.69 Å². The summed E-state index contributed by atoms with van der Waals surface area (Å²) in [6.45, 7) is 2.67. The highest BCUT2D eigenvalue weighted by atomic mass is 16.5. The van der Waals surface area contributed by atoms with Crippen molar-refractivity contribution in [3.05, 3.63) is 23.8 Å². The van der Waals surface area contributed by atoms with E-state index in [0.29, 0.717) is 13.2 Å². The van der Waals surface area contributed by atoms with E-state index in [1.807, 2.05) is 18.2 Å². The van der Waals surface area contributed by atoms with Crippen molar-refractivity contribution in [1.82, 2.24) is 5.32 Å². The fourth-order valence-corrected chi connectivity index (χ4v) is 1.90. The Kier molecular flexibility index (Phi) is 3.31. The summed E-state index contributed by atoms with van der Waals surface area (Å²) in [5, 5.41) is 2.99. The normalized spacial score (nSPS) is 18.9. The van der Waals surface area contributed by atoms with Gasteiger partial charge in [0.2, 0.25) is 0 Å². The van der Waals surface area contributed by atoms with Crippen LogP contribution in [-0.2, 0) is 11.3 Å². The van der Waals surface area contributed by atoms with Gasteiger partial charge in [0.15, 0.2) is 6.10 Å². The summed E-state index contributed by atoms with van der Waals surface area (Å²) in [4.78, 5) is 13.7. The molecule has 0 fully saturated rings. The second kappa shape index (κ2) is 4.73. The molecular formula is C12H17N3O2. The molecule has 0 saturated carbocycles. The minimum Gasteiger partial charge on any atom is -0.479 e. The van der Waals surface area contributed by atoms with Gasteiger partial charge < -0.3 is 15.8 Å². The van der Waals surface area contributed by atoms with Crippen LogP contribution in [0.15, 0.2) is 18.2 Å². The van der Waals surface area contributed by atoms with E-state index in [1.54, 1.807) is 18.9 Å². The average Bonchev–Trinajstić information content (AvgIpc) is 2.34. The zero-order valence-electron chi connectivity index (χ0n) is 10.1. The standard InChI is InChI=1S/C12H17N3O2/c1-8-12(16)15(7-14-2)10-5-9(6-13)3-4-11(10)17-8/h3-5,8,14H,6-7,13H2,1-2H3. The van der Waals surface area contributed by atoms with Gasteiger partial charge in [0.1, 0.15) is 5.75 Å². The van der Waals surface area contributed by atoms with Crippen LogP contribution in [0.1, 0.15) is 12.5 Å². The van der Waals surface area contributed by atoms with Crippen molar-refractivity contribution in [3.63, 3.8) is 0 Å². The number of amides is 1. The summed E-state index contributed by atoms with van der Waals surface area (Å²) in [6.07, 6.45) is -0.445. The number of hydrogen-bond acceptors (Lipinski definition) is 4. The molecule has 92 valence electrons. The van der Waals surface area contributed by atoms with Crippen LogP contribution in [-0.4, -0.2) is 25.7 Å². The van der Waals surface area contributed by atoms with Crippen LogP contribution in [0.4, 0.5) is 5.69 Å². The number of nitrogens with zero attached hydrogens (tertiary/aromatic N) is 1. The molecule has 5 nitrogen and oxygen atoms in total. The minimum atomic E-state index is -0.445. The zero-order valence-corrected chi connectivity index (χ0v) is 10.1. The van der Waals surface area contributed by atoms with Gasteiger partial charge in [-0.2, -0.15) is 0 Å². The molecule has 1 unspecified atom stereocenters. The maximum Gasteiger partial charge on any atom is 0.268 e. The molecule has 1 aromatic rings. The van der Waals surface area contributed by atoms with Crippen LogP contribution >= 0.6 is 0 Å². The molecule has 1 aromatic carbocycles. The number of carbonyl (C=O) groups is 1. The Balaban J connectivity index is 2.43. The van der Waals surface area contributed by atoms with Crippen molar-refractivity contribution in [3.8, 4) is 5.75 Å². The number of fused-ring (bicyclic) bond motifs is 1. The van der Waals surface area contributed by atoms with E-state index < -0.39 is 6.10 Å². The van der Waals surface area contributed by atoms with E-state index in [9.17, 15) is 4.79 Å². The molecule has 0 spiro atoms. The average molecular weight is 235 g/mol. The number of nitrogens with one attached hydrogen (secondary N) is 1. The Bertz CT molecular complexity index is 434. The quantitative estimate of drug-likeness (QED) is 0.797. The number of hydrogen-bond donors (Lipinski definition) is 2. The zero-order chi connectivity index (χ0) is 12.4. The molecule has 3 N–H and O–H groups in total. The Morgan fingerprint density at radius 3 is 2.94 bits per heavy atom. The van der Waals surface area contributed by atoms with E-state index in [1.165, 1.54) is 0 Å². The van der Waals surface area contributed by atoms with E-state index in [0.717, 1.165) is 17.0 Å². The molecule has 0 aliphatic carbocycles. The molecule has 1 atom stereocenters. The van der Waals surface area contributed by atoms with Crippen LogP contribution in [0.3, 0.4) is 0 Å². The fourth-order valence-electron chi connectivity index (χ4n) is 1.90. The van der Waals surface area contributed by atoms with E-state index in [4.69, 9.17) is 10.5 Å². The number of anilines is 1. The molecule has 0 saturated heterocycles. The maximum atomic E-state index is 12.0. The molecule has 0 bridgehead atoms. The number of benzene rings is 1. The van der Waals surface area contributed by atoms with Crippen LogP contribution in [0.2, 0.25) is 0 Å². The Hall–Kier alpha value is -1.59. The Morgan fingerprint density at radius 2 is 2.29 bits per heavy atom. The summed E-state index contributed by atoms with van der Waals surface area (Å²) >= 11 is 0. The van der Waals surface area contributed by atoms with Crippen molar-refractivity contribution in [2.24, 2.45) is 5.73 Å². The molecule has 0 radical (unpaired) electrons. The first kappa shape index (κ1) is 11.9. The van der Waals surface area contributed by atoms with Crippen molar-refractivity contribution in [2.45, 2.75) is 19.6 Å². The van der Waals surface area contributed by atoms with Gasteiger partial charge in [-0.05, 0) is 31.7 Å². The van der Waals surface area contributed by atoms with E-state index >= 15 is 0 Å². The lowest BCUT2D eigenvalue weighted by Gasteiger charge is -2.33. The fraction of sp³-hybridized carbons (Fsp3) is 0.417. The third-order valence-electron chi connectivity index (χ3n) is 2.78.